The highest BCUT2D eigenvalue weighted by molar-refractivity contribution is 7.89. The van der Waals surface area contributed by atoms with E-state index in [-0.39, 0.29) is 0 Å². The molecule has 0 heterocycles. The highest BCUT2D eigenvalue weighted by atomic mass is 32.2. The number of sulfonamides is 1. The van der Waals surface area contributed by atoms with Crippen LogP contribution in [0.4, 0.5) is 0 Å². The first kappa shape index (κ1) is 21.2. The first-order valence-electron chi connectivity index (χ1n) is 8.90. The Morgan fingerprint density at radius 2 is 1.59 bits per heavy atom. The standard InChI is InChI=1S/C20H28N2O4S/c1-5-12-26-19-11-8-17(13-20(19)25-4)15-21-14-16-6-9-18(10-7-16)27(23,24)22(2)3/h6-11,13,21H,5,12,14-15H2,1-4H3. The Morgan fingerprint density at radius 3 is 2.19 bits per heavy atom. The minimum absolute atomic E-state index is 0.295. The second-order valence-electron chi connectivity index (χ2n) is 6.37. The Hall–Kier alpha value is -2.09. The summed E-state index contributed by atoms with van der Waals surface area (Å²) < 4.78 is 36.4. The highest BCUT2D eigenvalue weighted by Gasteiger charge is 2.16. The van der Waals surface area contributed by atoms with Crippen molar-refractivity contribution in [3.05, 3.63) is 53.6 Å². The number of hydrogen-bond donors (Lipinski definition) is 1. The Bertz CT molecular complexity index is 834. The minimum atomic E-state index is -3.39. The lowest BCUT2D eigenvalue weighted by molar-refractivity contribution is 0.294. The molecule has 0 aliphatic heterocycles. The normalized spacial score (nSPS) is 11.6. The number of methoxy groups -OCH3 is 1. The molecule has 0 aliphatic carbocycles. The number of hydrogen-bond acceptors (Lipinski definition) is 5. The van der Waals surface area contributed by atoms with Crippen molar-refractivity contribution in [1.82, 2.24) is 9.62 Å². The van der Waals surface area contributed by atoms with Gasteiger partial charge in [-0.1, -0.05) is 25.1 Å². The van der Waals surface area contributed by atoms with Crippen LogP contribution < -0.4 is 14.8 Å². The van der Waals surface area contributed by atoms with Crippen LogP contribution in [0.3, 0.4) is 0 Å². The monoisotopic (exact) mass is 392 g/mol. The summed E-state index contributed by atoms with van der Waals surface area (Å²) in [5.74, 6) is 1.47. The molecule has 2 aromatic rings. The molecule has 0 radical (unpaired) electrons. The van der Waals surface area contributed by atoms with E-state index in [2.05, 4.69) is 12.2 Å². The molecule has 27 heavy (non-hydrogen) atoms. The van der Waals surface area contributed by atoms with E-state index in [1.54, 1.807) is 19.2 Å². The maximum absolute atomic E-state index is 12.1. The van der Waals surface area contributed by atoms with E-state index in [9.17, 15) is 8.42 Å². The average Bonchev–Trinajstić information content (AvgIpc) is 2.67. The summed E-state index contributed by atoms with van der Waals surface area (Å²) in [5, 5.41) is 3.36. The van der Waals surface area contributed by atoms with Crippen molar-refractivity contribution in [3.8, 4) is 11.5 Å². The van der Waals surface area contributed by atoms with Crippen LogP contribution in [-0.4, -0.2) is 40.5 Å². The third-order valence-corrected chi connectivity index (χ3v) is 5.88. The molecule has 6 nitrogen and oxygen atoms in total. The number of nitrogens with zero attached hydrogens (tertiary/aromatic N) is 1. The molecular formula is C20H28N2O4S. The lowest BCUT2D eigenvalue weighted by Gasteiger charge is -2.13. The lowest BCUT2D eigenvalue weighted by atomic mass is 10.2. The van der Waals surface area contributed by atoms with Crippen LogP contribution in [-0.2, 0) is 23.1 Å². The molecule has 0 aromatic heterocycles. The van der Waals surface area contributed by atoms with Gasteiger partial charge in [0, 0.05) is 27.2 Å². The zero-order chi connectivity index (χ0) is 19.9. The fourth-order valence-electron chi connectivity index (χ4n) is 2.49. The molecule has 0 unspecified atom stereocenters. The van der Waals surface area contributed by atoms with Crippen molar-refractivity contribution in [1.29, 1.82) is 0 Å². The topological polar surface area (TPSA) is 67.9 Å². The Labute approximate surface area is 162 Å². The van der Waals surface area contributed by atoms with Gasteiger partial charge in [0.05, 0.1) is 18.6 Å². The molecule has 0 saturated carbocycles. The fourth-order valence-corrected chi connectivity index (χ4v) is 3.40. The first-order valence-corrected chi connectivity index (χ1v) is 10.3. The maximum atomic E-state index is 12.1. The molecule has 7 heteroatoms. The molecule has 0 amide bonds. The molecule has 1 N–H and O–H groups in total. The van der Waals surface area contributed by atoms with Gasteiger partial charge < -0.3 is 14.8 Å². The second kappa shape index (κ2) is 9.73. The van der Waals surface area contributed by atoms with Crippen LogP contribution in [0.25, 0.3) is 0 Å². The van der Waals surface area contributed by atoms with E-state index in [0.29, 0.717) is 24.6 Å². The predicted octanol–water partition coefficient (Wildman–Crippen LogP) is 3.02. The zero-order valence-corrected chi connectivity index (χ0v) is 17.2. The number of ether oxygens (including phenoxy) is 2. The fraction of sp³-hybridized carbons (Fsp3) is 0.400. The summed E-state index contributed by atoms with van der Waals surface area (Å²) >= 11 is 0. The lowest BCUT2D eigenvalue weighted by Crippen LogP contribution is -2.22. The van der Waals surface area contributed by atoms with E-state index in [1.165, 1.54) is 18.4 Å². The van der Waals surface area contributed by atoms with Crippen molar-refractivity contribution in [3.63, 3.8) is 0 Å². The van der Waals surface area contributed by atoms with Gasteiger partial charge in [-0.3, -0.25) is 0 Å². The molecule has 0 atom stereocenters. The minimum Gasteiger partial charge on any atom is -0.493 e. The molecule has 2 rings (SSSR count). The van der Waals surface area contributed by atoms with Gasteiger partial charge in [0.2, 0.25) is 10.0 Å². The Balaban J connectivity index is 1.94. The van der Waals surface area contributed by atoms with Crippen LogP contribution in [0.15, 0.2) is 47.4 Å². The Kier molecular flexibility index (Phi) is 7.65. The van der Waals surface area contributed by atoms with Gasteiger partial charge in [0.15, 0.2) is 11.5 Å². The summed E-state index contributed by atoms with van der Waals surface area (Å²) in [6, 6.07) is 12.8. The largest absolute Gasteiger partial charge is 0.493 e. The summed E-state index contributed by atoms with van der Waals surface area (Å²) in [5.41, 5.74) is 2.10. The van der Waals surface area contributed by atoms with Crippen LogP contribution in [0, 0.1) is 0 Å². The summed E-state index contributed by atoms with van der Waals surface area (Å²) in [7, 11) is 1.30. The van der Waals surface area contributed by atoms with Crippen molar-refractivity contribution in [2.24, 2.45) is 0 Å². The van der Waals surface area contributed by atoms with Crippen LogP contribution in [0.5, 0.6) is 11.5 Å². The third-order valence-electron chi connectivity index (χ3n) is 4.05. The molecule has 148 valence electrons. The van der Waals surface area contributed by atoms with Gasteiger partial charge in [-0.2, -0.15) is 0 Å². The second-order valence-corrected chi connectivity index (χ2v) is 8.52. The molecular weight excluding hydrogens is 364 g/mol. The average molecular weight is 393 g/mol. The zero-order valence-electron chi connectivity index (χ0n) is 16.4. The highest BCUT2D eigenvalue weighted by Crippen LogP contribution is 2.28. The number of benzene rings is 2. The maximum Gasteiger partial charge on any atom is 0.242 e. The van der Waals surface area contributed by atoms with Crippen molar-refractivity contribution in [2.75, 3.05) is 27.8 Å². The smallest absolute Gasteiger partial charge is 0.242 e. The summed E-state index contributed by atoms with van der Waals surface area (Å²) in [6.45, 7) is 4.03. The van der Waals surface area contributed by atoms with Crippen LogP contribution in [0.2, 0.25) is 0 Å². The van der Waals surface area contributed by atoms with E-state index in [4.69, 9.17) is 9.47 Å². The van der Waals surface area contributed by atoms with Crippen LogP contribution in [0.1, 0.15) is 24.5 Å². The van der Waals surface area contributed by atoms with E-state index >= 15 is 0 Å². The van der Waals surface area contributed by atoms with Gasteiger partial charge in [-0.25, -0.2) is 12.7 Å². The van der Waals surface area contributed by atoms with E-state index in [1.807, 2.05) is 30.3 Å². The predicted molar refractivity (Wildman–Crippen MR) is 107 cm³/mol. The molecule has 0 aliphatic rings. The van der Waals surface area contributed by atoms with E-state index in [0.717, 1.165) is 29.0 Å². The van der Waals surface area contributed by atoms with Crippen LogP contribution >= 0.6 is 0 Å². The molecule has 0 spiro atoms. The summed E-state index contributed by atoms with van der Waals surface area (Å²) in [6.07, 6.45) is 0.946. The number of nitrogens with one attached hydrogen (secondary N) is 1. The Morgan fingerprint density at radius 1 is 0.963 bits per heavy atom. The van der Waals surface area contributed by atoms with E-state index < -0.39 is 10.0 Å². The van der Waals surface area contributed by atoms with Gasteiger partial charge in [0.1, 0.15) is 0 Å². The first-order chi connectivity index (χ1) is 12.9. The molecule has 0 fully saturated rings. The molecule has 0 bridgehead atoms. The quantitative estimate of drug-likeness (QED) is 0.673. The van der Waals surface area contributed by atoms with Gasteiger partial charge >= 0.3 is 0 Å². The van der Waals surface area contributed by atoms with Gasteiger partial charge in [0.25, 0.3) is 0 Å². The molecule has 2 aromatic carbocycles. The van der Waals surface area contributed by atoms with Gasteiger partial charge in [-0.05, 0) is 41.8 Å². The molecule has 0 saturated heterocycles. The van der Waals surface area contributed by atoms with Crippen molar-refractivity contribution < 1.29 is 17.9 Å². The summed E-state index contributed by atoms with van der Waals surface area (Å²) in [4.78, 5) is 0.295. The van der Waals surface area contributed by atoms with Gasteiger partial charge in [-0.15, -0.1) is 0 Å². The third kappa shape index (κ3) is 5.69. The van der Waals surface area contributed by atoms with Crippen molar-refractivity contribution in [2.45, 2.75) is 31.3 Å². The number of rotatable bonds is 10. The SMILES string of the molecule is CCCOc1ccc(CNCc2ccc(S(=O)(=O)N(C)C)cc2)cc1OC. The van der Waals surface area contributed by atoms with Crippen molar-refractivity contribution >= 4 is 10.0 Å².